The lowest BCUT2D eigenvalue weighted by molar-refractivity contribution is -0.180. The summed E-state index contributed by atoms with van der Waals surface area (Å²) in [6.07, 6.45) is 3.46. The Morgan fingerprint density at radius 1 is 1.00 bits per heavy atom. The van der Waals surface area contributed by atoms with Crippen LogP contribution in [0.5, 0.6) is 5.75 Å². The predicted molar refractivity (Wildman–Crippen MR) is 142 cm³/mol. The SMILES string of the molecule is CC1(C)OCc2cc([C@@H]3CN(CCCCCCOCCOCc4c(Cl)cccc4Cl)C(=O)O3)ccc2O1. The van der Waals surface area contributed by atoms with Crippen LogP contribution in [0.3, 0.4) is 0 Å². The molecule has 2 aromatic rings. The average Bonchev–Trinajstić information content (AvgIpc) is 3.23. The van der Waals surface area contributed by atoms with E-state index in [1.54, 1.807) is 17.0 Å². The summed E-state index contributed by atoms with van der Waals surface area (Å²) in [5.74, 6) is 0.193. The van der Waals surface area contributed by atoms with Gasteiger partial charge in [0.25, 0.3) is 0 Å². The molecule has 0 saturated carbocycles. The van der Waals surface area contributed by atoms with Crippen LogP contribution in [0.15, 0.2) is 36.4 Å². The molecular weight excluding hydrogens is 517 g/mol. The summed E-state index contributed by atoms with van der Waals surface area (Å²) in [4.78, 5) is 14.1. The fourth-order valence-corrected chi connectivity index (χ4v) is 4.85. The third-order valence-electron chi connectivity index (χ3n) is 6.42. The van der Waals surface area contributed by atoms with Gasteiger partial charge in [-0.3, -0.25) is 0 Å². The van der Waals surface area contributed by atoms with E-state index in [0.717, 1.165) is 48.1 Å². The Morgan fingerprint density at radius 2 is 1.76 bits per heavy atom. The maximum Gasteiger partial charge on any atom is 0.410 e. The van der Waals surface area contributed by atoms with Gasteiger partial charge >= 0.3 is 6.09 Å². The second-order valence-corrected chi connectivity index (χ2v) is 10.6. The first kappa shape index (κ1) is 28.0. The Morgan fingerprint density at radius 3 is 2.57 bits per heavy atom. The first-order valence-corrected chi connectivity index (χ1v) is 13.6. The van der Waals surface area contributed by atoms with E-state index in [4.69, 9.17) is 46.9 Å². The van der Waals surface area contributed by atoms with Gasteiger partial charge in [-0.25, -0.2) is 4.79 Å². The van der Waals surface area contributed by atoms with Crippen molar-refractivity contribution in [3.63, 3.8) is 0 Å². The monoisotopic (exact) mass is 551 g/mol. The van der Waals surface area contributed by atoms with Gasteiger partial charge < -0.3 is 28.6 Å². The highest BCUT2D eigenvalue weighted by atomic mass is 35.5. The Kier molecular flexibility index (Phi) is 9.96. The van der Waals surface area contributed by atoms with Crippen molar-refractivity contribution in [3.8, 4) is 5.75 Å². The summed E-state index contributed by atoms with van der Waals surface area (Å²) in [7, 11) is 0. The van der Waals surface area contributed by atoms with Crippen molar-refractivity contribution in [2.24, 2.45) is 0 Å². The Hall–Kier alpha value is -2.03. The zero-order chi connectivity index (χ0) is 26.3. The van der Waals surface area contributed by atoms with E-state index in [1.165, 1.54) is 0 Å². The van der Waals surface area contributed by atoms with Crippen LogP contribution in [0, 0.1) is 0 Å². The first-order valence-electron chi connectivity index (χ1n) is 12.8. The Bertz CT molecular complexity index is 1040. The summed E-state index contributed by atoms with van der Waals surface area (Å²) in [6, 6.07) is 11.3. The molecule has 9 heteroatoms. The van der Waals surface area contributed by atoms with Crippen LogP contribution in [0.2, 0.25) is 10.0 Å². The molecule has 1 fully saturated rings. The number of fused-ring (bicyclic) bond motifs is 1. The van der Waals surface area contributed by atoms with Crippen molar-refractivity contribution in [2.45, 2.75) is 64.6 Å². The Labute approximate surface area is 228 Å². The molecule has 2 heterocycles. The van der Waals surface area contributed by atoms with Crippen molar-refractivity contribution in [3.05, 3.63) is 63.1 Å². The normalized spacial score (nSPS) is 18.4. The molecule has 2 aliphatic rings. The van der Waals surface area contributed by atoms with Gasteiger partial charge in [0.05, 0.1) is 33.0 Å². The van der Waals surface area contributed by atoms with E-state index >= 15 is 0 Å². The molecule has 1 amide bonds. The summed E-state index contributed by atoms with van der Waals surface area (Å²) >= 11 is 12.3. The van der Waals surface area contributed by atoms with Gasteiger partial charge in [-0.1, -0.05) is 48.2 Å². The van der Waals surface area contributed by atoms with Gasteiger partial charge in [-0.05, 0) is 42.7 Å². The smallest absolute Gasteiger partial charge is 0.410 e. The van der Waals surface area contributed by atoms with Gasteiger partial charge in [0.2, 0.25) is 5.79 Å². The molecule has 0 aromatic heterocycles. The highest BCUT2D eigenvalue weighted by Gasteiger charge is 2.33. The maximum atomic E-state index is 12.4. The second-order valence-electron chi connectivity index (χ2n) is 9.76. The van der Waals surface area contributed by atoms with Crippen LogP contribution < -0.4 is 4.74 Å². The highest BCUT2D eigenvalue weighted by Crippen LogP contribution is 2.35. The largest absolute Gasteiger partial charge is 0.463 e. The second kappa shape index (κ2) is 13.2. The molecule has 2 aromatic carbocycles. The molecule has 4 rings (SSSR count). The molecule has 2 aliphatic heterocycles. The molecule has 0 unspecified atom stereocenters. The lowest BCUT2D eigenvalue weighted by Gasteiger charge is -2.32. The van der Waals surface area contributed by atoms with Gasteiger partial charge in [0.1, 0.15) is 11.9 Å². The minimum absolute atomic E-state index is 0.252. The average molecular weight is 552 g/mol. The number of cyclic esters (lactones) is 1. The van der Waals surface area contributed by atoms with Crippen LogP contribution in [-0.4, -0.2) is 49.7 Å². The van der Waals surface area contributed by atoms with Gasteiger partial charge in [-0.2, -0.15) is 0 Å². The van der Waals surface area contributed by atoms with E-state index < -0.39 is 5.79 Å². The minimum Gasteiger partial charge on any atom is -0.463 e. The number of amides is 1. The lowest BCUT2D eigenvalue weighted by atomic mass is 10.0. The third-order valence-corrected chi connectivity index (χ3v) is 7.13. The standard InChI is InChI=1S/C28H35Cl2NO6/c1-28(2)35-18-21-16-20(10-11-25(21)37-28)26-17-31(27(32)36-26)12-5-3-4-6-13-33-14-15-34-19-22-23(29)8-7-9-24(22)30/h7-11,16,26H,3-6,12-15,17-19H2,1-2H3/t26-/m0/s1. The van der Waals surface area contributed by atoms with E-state index in [0.29, 0.717) is 56.2 Å². The van der Waals surface area contributed by atoms with Crippen LogP contribution in [-0.2, 0) is 32.2 Å². The summed E-state index contributed by atoms with van der Waals surface area (Å²) in [5, 5.41) is 1.22. The fourth-order valence-electron chi connectivity index (χ4n) is 4.35. The molecule has 0 spiro atoms. The zero-order valence-corrected chi connectivity index (χ0v) is 23.0. The fraction of sp³-hybridized carbons (Fsp3) is 0.536. The molecular formula is C28H35Cl2NO6. The number of rotatable bonds is 13. The van der Waals surface area contributed by atoms with Crippen molar-refractivity contribution in [1.82, 2.24) is 4.90 Å². The van der Waals surface area contributed by atoms with E-state index in [9.17, 15) is 4.79 Å². The number of benzene rings is 2. The van der Waals surface area contributed by atoms with Crippen LogP contribution in [0.25, 0.3) is 0 Å². The van der Waals surface area contributed by atoms with Crippen LogP contribution in [0.4, 0.5) is 4.79 Å². The molecule has 0 radical (unpaired) electrons. The molecule has 1 atom stereocenters. The van der Waals surface area contributed by atoms with Gasteiger partial charge in [-0.15, -0.1) is 0 Å². The van der Waals surface area contributed by atoms with Gasteiger partial charge in [0.15, 0.2) is 0 Å². The number of ether oxygens (including phenoxy) is 5. The molecule has 202 valence electrons. The van der Waals surface area contributed by atoms with E-state index in [2.05, 4.69) is 0 Å². The molecule has 0 bridgehead atoms. The predicted octanol–water partition coefficient (Wildman–Crippen LogP) is 6.93. The quantitative estimate of drug-likeness (QED) is 0.251. The molecule has 1 saturated heterocycles. The lowest BCUT2D eigenvalue weighted by Crippen LogP contribution is -2.35. The summed E-state index contributed by atoms with van der Waals surface area (Å²) in [5.41, 5.74) is 2.75. The number of unbranched alkanes of at least 4 members (excludes halogenated alkanes) is 3. The Balaban J connectivity index is 1.05. The van der Waals surface area contributed by atoms with E-state index in [-0.39, 0.29) is 12.2 Å². The van der Waals surface area contributed by atoms with Crippen molar-refractivity contribution >= 4 is 29.3 Å². The zero-order valence-electron chi connectivity index (χ0n) is 21.5. The number of carbonyl (C=O) groups excluding carboxylic acids is 1. The highest BCUT2D eigenvalue weighted by molar-refractivity contribution is 6.35. The van der Waals surface area contributed by atoms with Crippen molar-refractivity contribution in [2.75, 3.05) is 32.9 Å². The molecule has 37 heavy (non-hydrogen) atoms. The van der Waals surface area contributed by atoms with Crippen molar-refractivity contribution in [1.29, 1.82) is 0 Å². The molecule has 0 aliphatic carbocycles. The first-order chi connectivity index (χ1) is 17.8. The topological polar surface area (TPSA) is 66.5 Å². The van der Waals surface area contributed by atoms with Crippen LogP contribution in [0.1, 0.15) is 62.3 Å². The maximum absolute atomic E-state index is 12.4. The molecule has 0 N–H and O–H groups in total. The number of carbonyl (C=O) groups is 1. The third kappa shape index (κ3) is 7.98. The summed E-state index contributed by atoms with van der Waals surface area (Å²) in [6.45, 7) is 7.60. The van der Waals surface area contributed by atoms with E-state index in [1.807, 2.05) is 38.1 Å². The van der Waals surface area contributed by atoms with Gasteiger partial charge in [0, 0.05) is 48.2 Å². The number of halogens is 2. The molecule has 7 nitrogen and oxygen atoms in total. The van der Waals surface area contributed by atoms with Crippen LogP contribution >= 0.6 is 23.2 Å². The van der Waals surface area contributed by atoms with Crippen molar-refractivity contribution < 1.29 is 28.5 Å². The minimum atomic E-state index is -0.626. The number of hydrogen-bond donors (Lipinski definition) is 0. The number of nitrogens with zero attached hydrogens (tertiary/aromatic N) is 1. The summed E-state index contributed by atoms with van der Waals surface area (Å²) < 4.78 is 28.5. The number of hydrogen-bond acceptors (Lipinski definition) is 6.